The lowest BCUT2D eigenvalue weighted by molar-refractivity contribution is 0.417. The molecule has 1 aromatic heterocycles. The Morgan fingerprint density at radius 2 is 1.48 bits per heavy atom. The minimum absolute atomic E-state index is 0.0533. The number of rotatable bonds is 7. The predicted molar refractivity (Wildman–Crippen MR) is 124 cm³/mol. The molecule has 4 aromatic rings. The largest absolute Gasteiger partial charge is 0.495 e. The number of methoxy groups -OCH3 is 1. The second kappa shape index (κ2) is 8.60. The maximum Gasteiger partial charge on any atom is 0.336 e. The molecule has 0 saturated carbocycles. The number of benzene rings is 3. The van der Waals surface area contributed by atoms with Crippen LogP contribution < -0.4 is 19.8 Å². The van der Waals surface area contributed by atoms with Crippen LogP contribution in [-0.2, 0) is 20.0 Å². The molecular formula is C22H18N2O7S2. The summed E-state index contributed by atoms with van der Waals surface area (Å²) in [6, 6.07) is 18.6. The first-order chi connectivity index (χ1) is 15.7. The molecule has 3 aromatic carbocycles. The topological polar surface area (TPSA) is 132 Å². The molecule has 0 amide bonds. The number of nitrogens with one attached hydrogen (secondary N) is 2. The van der Waals surface area contributed by atoms with Crippen molar-refractivity contribution in [2.75, 3.05) is 16.6 Å². The number of sulfonamides is 2. The van der Waals surface area contributed by atoms with E-state index in [1.807, 2.05) is 0 Å². The maximum absolute atomic E-state index is 12.9. The van der Waals surface area contributed by atoms with E-state index in [9.17, 15) is 21.6 Å². The van der Waals surface area contributed by atoms with Gasteiger partial charge in [-0.15, -0.1) is 0 Å². The van der Waals surface area contributed by atoms with E-state index < -0.39 is 25.7 Å². The van der Waals surface area contributed by atoms with Gasteiger partial charge < -0.3 is 9.15 Å². The molecule has 0 saturated heterocycles. The molecule has 9 nitrogen and oxygen atoms in total. The van der Waals surface area contributed by atoms with Gasteiger partial charge in [0, 0.05) is 11.5 Å². The molecule has 0 radical (unpaired) electrons. The number of hydrogen-bond donors (Lipinski definition) is 2. The van der Waals surface area contributed by atoms with Gasteiger partial charge >= 0.3 is 5.63 Å². The van der Waals surface area contributed by atoms with Crippen molar-refractivity contribution in [2.24, 2.45) is 0 Å². The van der Waals surface area contributed by atoms with Gasteiger partial charge in [-0.2, -0.15) is 0 Å². The summed E-state index contributed by atoms with van der Waals surface area (Å²) >= 11 is 0. The molecule has 0 spiro atoms. The summed E-state index contributed by atoms with van der Waals surface area (Å²) in [5.74, 6) is 0.338. The standard InChI is InChI=1S/C22H18N2O7S2/c1-30-21-8-3-2-7-19(21)24-33(28,29)17-6-4-5-16(14-17)23-32(26,27)18-10-11-20-15(13-18)9-12-22(25)31-20/h2-14,23-24H,1H3. The Labute approximate surface area is 189 Å². The number of hydrogen-bond acceptors (Lipinski definition) is 7. The van der Waals surface area contributed by atoms with Crippen molar-refractivity contribution in [3.05, 3.63) is 89.3 Å². The zero-order chi connectivity index (χ0) is 23.6. The summed E-state index contributed by atoms with van der Waals surface area (Å²) in [6.07, 6.45) is 0. The Morgan fingerprint density at radius 3 is 2.27 bits per heavy atom. The van der Waals surface area contributed by atoms with Gasteiger partial charge in [0.1, 0.15) is 11.3 Å². The van der Waals surface area contributed by atoms with E-state index in [-0.39, 0.29) is 26.7 Å². The summed E-state index contributed by atoms with van der Waals surface area (Å²) < 4.78 is 66.4. The van der Waals surface area contributed by atoms with E-state index in [0.29, 0.717) is 11.1 Å². The smallest absolute Gasteiger partial charge is 0.336 e. The van der Waals surface area contributed by atoms with E-state index in [1.54, 1.807) is 24.3 Å². The Bertz CT molecular complexity index is 1610. The van der Waals surface area contributed by atoms with Crippen molar-refractivity contribution in [3.63, 3.8) is 0 Å². The highest BCUT2D eigenvalue weighted by molar-refractivity contribution is 7.93. The van der Waals surface area contributed by atoms with Crippen LogP contribution in [0.5, 0.6) is 5.75 Å². The molecule has 4 rings (SSSR count). The van der Waals surface area contributed by atoms with Crippen LogP contribution in [0.4, 0.5) is 11.4 Å². The van der Waals surface area contributed by atoms with Crippen molar-refractivity contribution in [3.8, 4) is 5.75 Å². The van der Waals surface area contributed by atoms with Crippen LogP contribution in [-0.4, -0.2) is 23.9 Å². The fourth-order valence-corrected chi connectivity index (χ4v) is 5.29. The Balaban J connectivity index is 1.62. The molecular weight excluding hydrogens is 468 g/mol. The van der Waals surface area contributed by atoms with E-state index in [1.165, 1.54) is 61.7 Å². The molecule has 0 fully saturated rings. The van der Waals surface area contributed by atoms with Crippen molar-refractivity contribution >= 4 is 42.4 Å². The Hall–Kier alpha value is -3.83. The summed E-state index contributed by atoms with van der Waals surface area (Å²) in [5.41, 5.74) is -0.000616. The van der Waals surface area contributed by atoms with Crippen molar-refractivity contribution in [2.45, 2.75) is 9.79 Å². The third-order valence-corrected chi connectivity index (χ3v) is 7.39. The quantitative estimate of drug-likeness (QED) is 0.383. The maximum atomic E-state index is 12.9. The van der Waals surface area contributed by atoms with Gasteiger partial charge in [0.25, 0.3) is 20.0 Å². The summed E-state index contributed by atoms with van der Waals surface area (Å²) in [6.45, 7) is 0. The lowest BCUT2D eigenvalue weighted by Gasteiger charge is -2.13. The van der Waals surface area contributed by atoms with Crippen LogP contribution in [0.3, 0.4) is 0 Å². The molecule has 2 N–H and O–H groups in total. The lowest BCUT2D eigenvalue weighted by atomic mass is 10.2. The monoisotopic (exact) mass is 486 g/mol. The molecule has 0 atom stereocenters. The van der Waals surface area contributed by atoms with Gasteiger partial charge in [-0.25, -0.2) is 21.6 Å². The molecule has 11 heteroatoms. The highest BCUT2D eigenvalue weighted by Gasteiger charge is 2.19. The number of ether oxygens (including phenoxy) is 1. The molecule has 0 bridgehead atoms. The fraction of sp³-hybridized carbons (Fsp3) is 0.0455. The zero-order valence-electron chi connectivity index (χ0n) is 17.2. The van der Waals surface area contributed by atoms with Crippen LogP contribution in [0.25, 0.3) is 11.0 Å². The van der Waals surface area contributed by atoms with Crippen LogP contribution in [0.15, 0.2) is 97.9 Å². The first kappa shape index (κ1) is 22.4. The lowest BCUT2D eigenvalue weighted by Crippen LogP contribution is -2.16. The highest BCUT2D eigenvalue weighted by atomic mass is 32.2. The van der Waals surface area contributed by atoms with Gasteiger partial charge in [0.2, 0.25) is 0 Å². The summed E-state index contributed by atoms with van der Waals surface area (Å²) in [7, 11) is -6.66. The van der Waals surface area contributed by atoms with Crippen molar-refractivity contribution < 1.29 is 26.0 Å². The second-order valence-corrected chi connectivity index (χ2v) is 10.3. The van der Waals surface area contributed by atoms with Crippen LogP contribution >= 0.6 is 0 Å². The average molecular weight is 487 g/mol. The average Bonchev–Trinajstić information content (AvgIpc) is 2.78. The summed E-state index contributed by atoms with van der Waals surface area (Å²) in [5, 5.41) is 0.426. The third-order valence-electron chi connectivity index (χ3n) is 4.65. The normalized spacial score (nSPS) is 11.8. The van der Waals surface area contributed by atoms with E-state index in [0.717, 1.165) is 0 Å². The molecule has 0 aliphatic heterocycles. The minimum Gasteiger partial charge on any atom is -0.495 e. The van der Waals surface area contributed by atoms with Crippen molar-refractivity contribution in [1.82, 2.24) is 0 Å². The SMILES string of the molecule is COc1ccccc1NS(=O)(=O)c1cccc(NS(=O)(=O)c2ccc3oc(=O)ccc3c2)c1. The van der Waals surface area contributed by atoms with Crippen molar-refractivity contribution in [1.29, 1.82) is 0 Å². The van der Waals surface area contributed by atoms with Gasteiger partial charge in [0.05, 0.1) is 28.3 Å². The van der Waals surface area contributed by atoms with E-state index in [4.69, 9.17) is 9.15 Å². The third kappa shape index (κ3) is 4.83. The molecule has 1 heterocycles. The van der Waals surface area contributed by atoms with E-state index >= 15 is 0 Å². The molecule has 33 heavy (non-hydrogen) atoms. The highest BCUT2D eigenvalue weighted by Crippen LogP contribution is 2.27. The molecule has 0 aliphatic rings. The van der Waals surface area contributed by atoms with Crippen LogP contribution in [0.1, 0.15) is 0 Å². The first-order valence-corrected chi connectivity index (χ1v) is 12.5. The zero-order valence-corrected chi connectivity index (χ0v) is 18.8. The molecule has 0 aliphatic carbocycles. The second-order valence-electron chi connectivity index (χ2n) is 6.89. The van der Waals surface area contributed by atoms with Crippen LogP contribution in [0, 0.1) is 0 Å². The fourth-order valence-electron chi connectivity index (χ4n) is 3.09. The van der Waals surface area contributed by atoms with E-state index in [2.05, 4.69) is 9.44 Å². The Kier molecular flexibility index (Phi) is 5.83. The number of para-hydroxylation sites is 2. The van der Waals surface area contributed by atoms with Gasteiger partial charge in [-0.1, -0.05) is 18.2 Å². The predicted octanol–water partition coefficient (Wildman–Crippen LogP) is 3.40. The van der Waals surface area contributed by atoms with Crippen LogP contribution in [0.2, 0.25) is 0 Å². The molecule has 0 unspecified atom stereocenters. The summed E-state index contributed by atoms with van der Waals surface area (Å²) in [4.78, 5) is 11.1. The van der Waals surface area contributed by atoms with Gasteiger partial charge in [-0.05, 0) is 54.6 Å². The number of fused-ring (bicyclic) bond motifs is 1. The number of anilines is 2. The minimum atomic E-state index is -4.05. The van der Waals surface area contributed by atoms with Gasteiger partial charge in [-0.3, -0.25) is 9.44 Å². The first-order valence-electron chi connectivity index (χ1n) is 9.51. The van der Waals surface area contributed by atoms with Gasteiger partial charge in [0.15, 0.2) is 0 Å². The Morgan fingerprint density at radius 1 is 0.758 bits per heavy atom. The molecule has 170 valence electrons.